The molecule has 3 aromatic heterocycles. The van der Waals surface area contributed by atoms with Gasteiger partial charge in [-0.3, -0.25) is 9.36 Å². The van der Waals surface area contributed by atoms with E-state index in [-0.39, 0.29) is 0 Å². The van der Waals surface area contributed by atoms with Crippen LogP contribution < -0.4 is 4.90 Å². The molecule has 7 nitrogen and oxygen atoms in total. The average molecular weight is 432 g/mol. The maximum Gasteiger partial charge on any atom is 0.159 e. The molecule has 0 aromatic carbocycles. The Labute approximate surface area is 190 Å². The van der Waals surface area contributed by atoms with E-state index < -0.39 is 0 Å². The molecular formula is C25H33N7. The molecule has 7 heteroatoms. The molecule has 0 radical (unpaired) electrons. The summed E-state index contributed by atoms with van der Waals surface area (Å²) >= 11 is 0. The van der Waals surface area contributed by atoms with Crippen molar-refractivity contribution in [3.05, 3.63) is 59.3 Å². The zero-order valence-electron chi connectivity index (χ0n) is 19.6. The largest absolute Gasteiger partial charge is 0.375 e. The summed E-state index contributed by atoms with van der Waals surface area (Å²) in [5.41, 5.74) is 9.47. The number of allylic oxidation sites excluding steroid dienone is 2. The molecule has 0 amide bonds. The number of rotatable bonds is 7. The van der Waals surface area contributed by atoms with Crippen LogP contribution in [0.3, 0.4) is 0 Å². The van der Waals surface area contributed by atoms with Gasteiger partial charge in [-0.25, -0.2) is 4.98 Å². The van der Waals surface area contributed by atoms with E-state index in [9.17, 15) is 0 Å². The van der Waals surface area contributed by atoms with Crippen LogP contribution in [0.25, 0.3) is 11.0 Å². The zero-order valence-corrected chi connectivity index (χ0v) is 19.6. The van der Waals surface area contributed by atoms with E-state index in [1.165, 1.54) is 34.6 Å². The Morgan fingerprint density at radius 2 is 1.94 bits per heavy atom. The predicted octanol–water partition coefficient (Wildman–Crippen LogP) is 3.90. The minimum atomic E-state index is 0.796. The summed E-state index contributed by atoms with van der Waals surface area (Å²) in [7, 11) is 1.95. The summed E-state index contributed by atoms with van der Waals surface area (Å²) in [6.45, 7) is 17.7. The maximum atomic E-state index is 4.90. The number of fused-ring (bicyclic) bond motifs is 2. The normalized spacial score (nSPS) is 15.7. The molecule has 0 spiro atoms. The van der Waals surface area contributed by atoms with Crippen LogP contribution in [0.15, 0.2) is 36.7 Å². The summed E-state index contributed by atoms with van der Waals surface area (Å²) in [6, 6.07) is 2.18. The van der Waals surface area contributed by atoms with Crippen molar-refractivity contribution < 1.29 is 0 Å². The lowest BCUT2D eigenvalue weighted by atomic mass is 10.0. The second-order valence-electron chi connectivity index (χ2n) is 9.28. The van der Waals surface area contributed by atoms with Crippen molar-refractivity contribution in [3.8, 4) is 0 Å². The Morgan fingerprint density at radius 3 is 2.69 bits per heavy atom. The van der Waals surface area contributed by atoms with Gasteiger partial charge in [-0.1, -0.05) is 18.7 Å². The zero-order chi connectivity index (χ0) is 22.4. The van der Waals surface area contributed by atoms with Crippen LogP contribution in [0.1, 0.15) is 41.9 Å². The molecule has 5 heterocycles. The van der Waals surface area contributed by atoms with Crippen molar-refractivity contribution >= 4 is 16.7 Å². The second-order valence-corrected chi connectivity index (χ2v) is 9.28. The number of likely N-dealkylation sites (tertiary alicyclic amines) is 1. The fraction of sp³-hybridized carbons (Fsp3) is 0.480. The SMILES string of the molecule is C=C(CCC(=C)N1CCC1)Cn1nc(C)c2c1CCN(c1cc(C)nc3c1cnn3C)C2. The lowest BCUT2D eigenvalue weighted by molar-refractivity contribution is 0.231. The highest BCUT2D eigenvalue weighted by atomic mass is 15.3. The molecule has 0 aliphatic carbocycles. The number of aromatic nitrogens is 5. The van der Waals surface area contributed by atoms with E-state index in [1.54, 1.807) is 0 Å². The summed E-state index contributed by atoms with van der Waals surface area (Å²) in [5.74, 6) is 0. The molecule has 168 valence electrons. The van der Waals surface area contributed by atoms with Crippen LogP contribution in [0.2, 0.25) is 0 Å². The van der Waals surface area contributed by atoms with Gasteiger partial charge in [0.25, 0.3) is 0 Å². The lowest BCUT2D eigenvalue weighted by Crippen LogP contribution is -2.35. The van der Waals surface area contributed by atoms with Crippen molar-refractivity contribution in [2.24, 2.45) is 7.05 Å². The fourth-order valence-electron chi connectivity index (χ4n) is 4.88. The second kappa shape index (κ2) is 8.11. The Hall–Kier alpha value is -3.09. The van der Waals surface area contributed by atoms with E-state index in [4.69, 9.17) is 5.10 Å². The Bertz CT molecular complexity index is 1190. The minimum absolute atomic E-state index is 0.796. The summed E-state index contributed by atoms with van der Waals surface area (Å²) in [5, 5.41) is 10.4. The van der Waals surface area contributed by atoms with Crippen molar-refractivity contribution in [1.82, 2.24) is 29.4 Å². The summed E-state index contributed by atoms with van der Waals surface area (Å²) in [6.07, 6.45) is 6.18. The minimum Gasteiger partial charge on any atom is -0.375 e. The first kappa shape index (κ1) is 20.8. The smallest absolute Gasteiger partial charge is 0.159 e. The lowest BCUT2D eigenvalue weighted by Gasteiger charge is -2.35. The van der Waals surface area contributed by atoms with Crippen LogP contribution in [-0.2, 0) is 26.6 Å². The van der Waals surface area contributed by atoms with Crippen LogP contribution in [-0.4, -0.2) is 49.1 Å². The van der Waals surface area contributed by atoms with Crippen molar-refractivity contribution in [2.45, 2.75) is 52.6 Å². The van der Waals surface area contributed by atoms with Gasteiger partial charge < -0.3 is 9.80 Å². The average Bonchev–Trinajstić information content (AvgIpc) is 3.24. The van der Waals surface area contributed by atoms with Gasteiger partial charge in [0.1, 0.15) is 0 Å². The van der Waals surface area contributed by atoms with E-state index in [0.717, 1.165) is 74.4 Å². The maximum absolute atomic E-state index is 4.90. The van der Waals surface area contributed by atoms with Gasteiger partial charge in [0.2, 0.25) is 0 Å². The first-order valence-corrected chi connectivity index (χ1v) is 11.6. The first-order valence-electron chi connectivity index (χ1n) is 11.6. The molecule has 0 N–H and O–H groups in total. The van der Waals surface area contributed by atoms with Gasteiger partial charge in [-0.2, -0.15) is 10.2 Å². The summed E-state index contributed by atoms with van der Waals surface area (Å²) < 4.78 is 4.04. The molecule has 3 aromatic rings. The quantitative estimate of drug-likeness (QED) is 0.531. The monoisotopic (exact) mass is 431 g/mol. The molecule has 0 unspecified atom stereocenters. The van der Waals surface area contributed by atoms with Crippen LogP contribution >= 0.6 is 0 Å². The van der Waals surface area contributed by atoms with Gasteiger partial charge in [-0.15, -0.1) is 0 Å². The standard InChI is InChI=1S/C25H33N7/c1-17(7-8-19(3)30-10-6-11-30)15-32-23-9-12-31(16-22(23)20(4)28-32)24-13-18(2)27-25-21(24)14-26-29(25)5/h13-14H,1,3,6-12,15-16H2,2,4-5H3. The van der Waals surface area contributed by atoms with Gasteiger partial charge in [0.15, 0.2) is 5.65 Å². The molecule has 1 saturated heterocycles. The molecule has 32 heavy (non-hydrogen) atoms. The van der Waals surface area contributed by atoms with Crippen molar-refractivity contribution in [3.63, 3.8) is 0 Å². The number of hydrogen-bond acceptors (Lipinski definition) is 5. The number of anilines is 1. The Balaban J connectivity index is 1.31. The third-order valence-electron chi connectivity index (χ3n) is 6.93. The molecule has 2 aliphatic rings. The molecule has 0 atom stereocenters. The molecule has 0 bridgehead atoms. The van der Waals surface area contributed by atoms with Gasteiger partial charge in [-0.05, 0) is 39.2 Å². The van der Waals surface area contributed by atoms with Crippen molar-refractivity contribution in [1.29, 1.82) is 0 Å². The van der Waals surface area contributed by atoms with Crippen LogP contribution in [0.4, 0.5) is 5.69 Å². The molecule has 5 rings (SSSR count). The van der Waals surface area contributed by atoms with Gasteiger partial charge in [0.05, 0.1) is 29.5 Å². The molecule has 1 fully saturated rings. The first-order chi connectivity index (χ1) is 15.4. The van der Waals surface area contributed by atoms with E-state index >= 15 is 0 Å². The fourth-order valence-corrected chi connectivity index (χ4v) is 4.88. The number of hydrogen-bond donors (Lipinski definition) is 0. The predicted molar refractivity (Wildman–Crippen MR) is 129 cm³/mol. The highest BCUT2D eigenvalue weighted by Crippen LogP contribution is 2.32. The number of nitrogens with zero attached hydrogens (tertiary/aromatic N) is 7. The van der Waals surface area contributed by atoms with Crippen molar-refractivity contribution in [2.75, 3.05) is 24.5 Å². The van der Waals surface area contributed by atoms with Gasteiger partial charge in [0, 0.05) is 62.3 Å². The highest BCUT2D eigenvalue weighted by molar-refractivity contribution is 5.89. The number of pyridine rings is 1. The molecule has 0 saturated carbocycles. The number of aryl methyl sites for hydroxylation is 3. The Kier molecular flexibility index (Phi) is 5.27. The highest BCUT2D eigenvalue weighted by Gasteiger charge is 2.25. The molecular weight excluding hydrogens is 398 g/mol. The Morgan fingerprint density at radius 1 is 1.12 bits per heavy atom. The van der Waals surface area contributed by atoms with E-state index in [0.29, 0.717) is 0 Å². The van der Waals surface area contributed by atoms with Crippen LogP contribution in [0.5, 0.6) is 0 Å². The third-order valence-corrected chi connectivity index (χ3v) is 6.93. The van der Waals surface area contributed by atoms with E-state index in [1.807, 2.05) is 17.9 Å². The van der Waals surface area contributed by atoms with Crippen LogP contribution in [0, 0.1) is 13.8 Å². The summed E-state index contributed by atoms with van der Waals surface area (Å²) in [4.78, 5) is 9.50. The molecule has 2 aliphatic heterocycles. The topological polar surface area (TPSA) is 55.0 Å². The van der Waals surface area contributed by atoms with Gasteiger partial charge >= 0.3 is 0 Å². The van der Waals surface area contributed by atoms with E-state index in [2.05, 4.69) is 57.6 Å². The third kappa shape index (κ3) is 3.70.